The lowest BCUT2D eigenvalue weighted by molar-refractivity contribution is -0.384. The zero-order chi connectivity index (χ0) is 18.0. The van der Waals surface area contributed by atoms with Gasteiger partial charge in [0.05, 0.1) is 17.7 Å². The second-order valence-corrected chi connectivity index (χ2v) is 5.32. The summed E-state index contributed by atoms with van der Waals surface area (Å²) < 4.78 is 10.4. The van der Waals surface area contributed by atoms with Crippen molar-refractivity contribution in [1.82, 2.24) is 0 Å². The van der Waals surface area contributed by atoms with Crippen LogP contribution in [0, 0.1) is 10.1 Å². The molecular formula is C17H14N2O6. The van der Waals surface area contributed by atoms with E-state index < -0.39 is 22.9 Å². The number of amides is 1. The predicted octanol–water partition coefficient (Wildman–Crippen LogP) is 2.23. The van der Waals surface area contributed by atoms with Crippen molar-refractivity contribution >= 4 is 23.3 Å². The molecule has 0 unspecified atom stereocenters. The highest BCUT2D eigenvalue weighted by atomic mass is 16.6. The average molecular weight is 342 g/mol. The Bertz CT molecular complexity index is 836. The van der Waals surface area contributed by atoms with E-state index in [1.165, 1.54) is 25.3 Å². The number of hydrogen-bond acceptors (Lipinski definition) is 6. The molecule has 0 aliphatic carbocycles. The van der Waals surface area contributed by atoms with Gasteiger partial charge in [-0.25, -0.2) is 0 Å². The number of carbonyl (C=O) groups excluding carboxylic acids is 2. The highest BCUT2D eigenvalue weighted by molar-refractivity contribution is 6.03. The Hall–Kier alpha value is -3.42. The summed E-state index contributed by atoms with van der Waals surface area (Å²) in [6.07, 6.45) is -0.945. The Labute approximate surface area is 142 Å². The van der Waals surface area contributed by atoms with Gasteiger partial charge in [-0.05, 0) is 6.07 Å². The van der Waals surface area contributed by atoms with Crippen molar-refractivity contribution in [3.63, 3.8) is 0 Å². The van der Waals surface area contributed by atoms with Crippen LogP contribution in [-0.4, -0.2) is 30.5 Å². The number of nitro benzene ring substituents is 1. The molecule has 128 valence electrons. The van der Waals surface area contributed by atoms with Crippen LogP contribution in [0.4, 0.5) is 11.4 Å². The van der Waals surface area contributed by atoms with E-state index in [0.29, 0.717) is 5.56 Å². The number of hydrogen-bond donors (Lipinski definition) is 0. The number of rotatable bonds is 4. The number of benzene rings is 2. The molecule has 0 fully saturated rings. The molecular weight excluding hydrogens is 328 g/mol. The molecule has 1 atom stereocenters. The second-order valence-electron chi connectivity index (χ2n) is 5.32. The van der Waals surface area contributed by atoms with E-state index in [4.69, 9.17) is 4.74 Å². The number of fused-ring (bicyclic) bond motifs is 1. The molecule has 1 aliphatic heterocycles. The molecule has 0 aromatic heterocycles. The van der Waals surface area contributed by atoms with Gasteiger partial charge in [-0.15, -0.1) is 0 Å². The molecule has 0 bridgehead atoms. The van der Waals surface area contributed by atoms with E-state index >= 15 is 0 Å². The van der Waals surface area contributed by atoms with Crippen LogP contribution in [0.15, 0.2) is 48.5 Å². The molecule has 0 radical (unpaired) electrons. The first-order chi connectivity index (χ1) is 12.0. The van der Waals surface area contributed by atoms with Gasteiger partial charge in [0.25, 0.3) is 11.6 Å². The standard InChI is InChI=1S/C17H14N2O6/c1-24-15(20)10-18-13-9-12(19(22)23)7-8-14(13)25-16(17(18)21)11-5-3-2-4-6-11/h2-9,16H,10H2,1H3/t16-/m1/s1. The molecule has 1 amide bonds. The number of non-ortho nitro benzene ring substituents is 1. The molecule has 8 heteroatoms. The number of nitro groups is 1. The van der Waals surface area contributed by atoms with Crippen molar-refractivity contribution in [3.8, 4) is 5.75 Å². The first kappa shape index (κ1) is 16.4. The summed E-state index contributed by atoms with van der Waals surface area (Å²) in [5.74, 6) is -0.855. The number of carbonyl (C=O) groups is 2. The highest BCUT2D eigenvalue weighted by Crippen LogP contribution is 2.40. The maximum absolute atomic E-state index is 12.8. The lowest BCUT2D eigenvalue weighted by Gasteiger charge is -2.33. The van der Waals surface area contributed by atoms with Crippen molar-refractivity contribution in [2.24, 2.45) is 0 Å². The van der Waals surface area contributed by atoms with Crippen LogP contribution >= 0.6 is 0 Å². The van der Waals surface area contributed by atoms with Crippen LogP contribution in [0.3, 0.4) is 0 Å². The Morgan fingerprint density at radius 3 is 2.64 bits per heavy atom. The molecule has 8 nitrogen and oxygen atoms in total. The third kappa shape index (κ3) is 3.14. The van der Waals surface area contributed by atoms with Gasteiger partial charge in [0.1, 0.15) is 12.3 Å². The van der Waals surface area contributed by atoms with Crippen LogP contribution in [0.1, 0.15) is 11.7 Å². The lowest BCUT2D eigenvalue weighted by Crippen LogP contribution is -2.44. The first-order valence-corrected chi connectivity index (χ1v) is 7.39. The minimum absolute atomic E-state index is 0.164. The molecule has 0 spiro atoms. The van der Waals surface area contributed by atoms with Crippen molar-refractivity contribution < 1.29 is 24.0 Å². The van der Waals surface area contributed by atoms with Gasteiger partial charge in [0.15, 0.2) is 0 Å². The highest BCUT2D eigenvalue weighted by Gasteiger charge is 2.37. The van der Waals surface area contributed by atoms with Crippen LogP contribution in [0.25, 0.3) is 0 Å². The molecule has 1 heterocycles. The Balaban J connectivity index is 2.07. The molecule has 2 aromatic rings. The summed E-state index contributed by atoms with van der Waals surface area (Å²) >= 11 is 0. The Morgan fingerprint density at radius 1 is 1.28 bits per heavy atom. The van der Waals surface area contributed by atoms with Crippen LogP contribution in [-0.2, 0) is 14.3 Å². The molecule has 3 rings (SSSR count). The number of nitrogens with zero attached hydrogens (tertiary/aromatic N) is 2. The van der Waals surface area contributed by atoms with E-state index in [9.17, 15) is 19.7 Å². The number of anilines is 1. The van der Waals surface area contributed by atoms with Gasteiger partial charge in [-0.2, -0.15) is 0 Å². The van der Waals surface area contributed by atoms with E-state index in [-0.39, 0.29) is 23.7 Å². The third-order valence-electron chi connectivity index (χ3n) is 3.80. The summed E-state index contributed by atoms with van der Waals surface area (Å²) in [5, 5.41) is 11.0. The number of esters is 1. The molecule has 1 aliphatic rings. The third-order valence-corrected chi connectivity index (χ3v) is 3.80. The monoisotopic (exact) mass is 342 g/mol. The predicted molar refractivity (Wildman–Crippen MR) is 87.3 cm³/mol. The summed E-state index contributed by atoms with van der Waals surface area (Å²) in [4.78, 5) is 36.1. The van der Waals surface area contributed by atoms with Crippen molar-refractivity contribution in [3.05, 3.63) is 64.2 Å². The minimum Gasteiger partial charge on any atom is -0.474 e. The fourth-order valence-corrected chi connectivity index (χ4v) is 2.56. The summed E-state index contributed by atoms with van der Waals surface area (Å²) in [5.41, 5.74) is 0.575. The van der Waals surface area contributed by atoms with Gasteiger partial charge in [-0.3, -0.25) is 24.6 Å². The summed E-state index contributed by atoms with van der Waals surface area (Å²) in [6.45, 7) is -0.365. The maximum Gasteiger partial charge on any atom is 0.325 e. The number of ether oxygens (including phenoxy) is 2. The summed E-state index contributed by atoms with van der Waals surface area (Å²) in [7, 11) is 1.20. The topological polar surface area (TPSA) is 99.0 Å². The number of methoxy groups -OCH3 is 1. The fraction of sp³-hybridized carbons (Fsp3) is 0.176. The van der Waals surface area contributed by atoms with Gasteiger partial charge in [0, 0.05) is 17.7 Å². The molecule has 0 saturated heterocycles. The van der Waals surface area contributed by atoms with Gasteiger partial charge in [0.2, 0.25) is 6.10 Å². The van der Waals surface area contributed by atoms with E-state index in [2.05, 4.69) is 4.74 Å². The molecule has 0 N–H and O–H groups in total. The van der Waals surface area contributed by atoms with Crippen LogP contribution < -0.4 is 9.64 Å². The van der Waals surface area contributed by atoms with Gasteiger partial charge < -0.3 is 9.47 Å². The van der Waals surface area contributed by atoms with E-state index in [0.717, 1.165) is 4.90 Å². The lowest BCUT2D eigenvalue weighted by atomic mass is 10.1. The normalized spacial score (nSPS) is 16.0. The van der Waals surface area contributed by atoms with Crippen molar-refractivity contribution in [1.29, 1.82) is 0 Å². The Kier molecular flexibility index (Phi) is 4.34. The first-order valence-electron chi connectivity index (χ1n) is 7.39. The smallest absolute Gasteiger partial charge is 0.325 e. The average Bonchev–Trinajstić information content (AvgIpc) is 2.63. The fourth-order valence-electron chi connectivity index (χ4n) is 2.56. The summed E-state index contributed by atoms with van der Waals surface area (Å²) in [6, 6.07) is 12.7. The van der Waals surface area contributed by atoms with Crippen molar-refractivity contribution in [2.75, 3.05) is 18.6 Å². The zero-order valence-electron chi connectivity index (χ0n) is 13.2. The molecule has 2 aromatic carbocycles. The quantitative estimate of drug-likeness (QED) is 0.480. The second kappa shape index (κ2) is 6.60. The van der Waals surface area contributed by atoms with Gasteiger partial charge >= 0.3 is 5.97 Å². The van der Waals surface area contributed by atoms with E-state index in [1.54, 1.807) is 30.3 Å². The molecule has 0 saturated carbocycles. The van der Waals surface area contributed by atoms with Gasteiger partial charge in [-0.1, -0.05) is 30.3 Å². The zero-order valence-corrected chi connectivity index (χ0v) is 13.2. The van der Waals surface area contributed by atoms with Crippen molar-refractivity contribution in [2.45, 2.75) is 6.10 Å². The largest absolute Gasteiger partial charge is 0.474 e. The SMILES string of the molecule is COC(=O)CN1C(=O)[C@@H](c2ccccc2)Oc2ccc([N+](=O)[O-])cc21. The minimum atomic E-state index is -0.945. The van der Waals surface area contributed by atoms with Crippen LogP contribution in [0.5, 0.6) is 5.75 Å². The molecule has 25 heavy (non-hydrogen) atoms. The Morgan fingerprint density at radius 2 is 2.00 bits per heavy atom. The maximum atomic E-state index is 12.8. The van der Waals surface area contributed by atoms with E-state index in [1.807, 2.05) is 0 Å². The van der Waals surface area contributed by atoms with Crippen LogP contribution in [0.2, 0.25) is 0 Å².